The molecule has 1 rings (SSSR count). The lowest BCUT2D eigenvalue weighted by Crippen LogP contribution is -2.35. The molecule has 1 heterocycles. The van der Waals surface area contributed by atoms with E-state index in [0.29, 0.717) is 19.0 Å². The Morgan fingerprint density at radius 2 is 1.96 bits per heavy atom. The molecule has 0 radical (unpaired) electrons. The average Bonchev–Trinajstić information content (AvgIpc) is 2.45. The molecule has 5 nitrogen and oxygen atoms in total. The normalized spacial score (nSPS) is 14.7. The summed E-state index contributed by atoms with van der Waals surface area (Å²) in [6, 6.07) is -0.688. The van der Waals surface area contributed by atoms with E-state index in [1.54, 1.807) is 32.8 Å². The van der Waals surface area contributed by atoms with E-state index in [2.05, 4.69) is 0 Å². The van der Waals surface area contributed by atoms with Crippen LogP contribution >= 0.6 is 0 Å². The van der Waals surface area contributed by atoms with Gasteiger partial charge in [0, 0.05) is 18.8 Å². The molecular weight excluding hydrogens is 325 g/mol. The number of alkyl halides is 3. The molecule has 1 N–H and O–H groups in total. The highest BCUT2D eigenvalue weighted by molar-refractivity contribution is 5.72. The van der Waals surface area contributed by atoms with Gasteiger partial charge >= 0.3 is 12.1 Å². The number of pyridine rings is 1. The summed E-state index contributed by atoms with van der Waals surface area (Å²) < 4.78 is 40.5. The number of carboxylic acids is 1. The standard InChI is InChI=1S/C16H23F3N2O3/c1-5-10(2)14(15(23)24)21-9-11(6-7-20(3)4)12(8-13(21)22)16(17,18)19/h8-10,14H,5-7H2,1-4H3,(H,23,24)/t10-,14?/m1/s1. The lowest BCUT2D eigenvalue weighted by Gasteiger charge is -2.24. The van der Waals surface area contributed by atoms with Gasteiger partial charge < -0.3 is 14.6 Å². The molecule has 0 aromatic carbocycles. The maximum atomic E-state index is 13.2. The number of halogens is 3. The molecule has 0 amide bonds. The number of likely N-dealkylation sites (N-methyl/N-ethyl adjacent to an activating group) is 1. The van der Waals surface area contributed by atoms with Gasteiger partial charge in [-0.15, -0.1) is 0 Å². The fraction of sp³-hybridized carbons (Fsp3) is 0.625. The van der Waals surface area contributed by atoms with Crippen LogP contribution in [0.5, 0.6) is 0 Å². The third-order valence-electron chi connectivity index (χ3n) is 4.03. The first-order valence-corrected chi connectivity index (χ1v) is 7.68. The number of carbonyl (C=O) groups is 1. The van der Waals surface area contributed by atoms with Gasteiger partial charge in [0.15, 0.2) is 0 Å². The van der Waals surface area contributed by atoms with Gasteiger partial charge in [-0.25, -0.2) is 4.79 Å². The highest BCUT2D eigenvalue weighted by atomic mass is 19.4. The van der Waals surface area contributed by atoms with Crippen molar-refractivity contribution in [1.29, 1.82) is 0 Å². The zero-order chi connectivity index (χ0) is 18.7. The second-order valence-electron chi connectivity index (χ2n) is 6.18. The van der Waals surface area contributed by atoms with Crippen LogP contribution < -0.4 is 5.56 Å². The Morgan fingerprint density at radius 3 is 2.38 bits per heavy atom. The summed E-state index contributed by atoms with van der Waals surface area (Å²) in [5, 5.41) is 9.40. The van der Waals surface area contributed by atoms with Gasteiger partial charge in [-0.1, -0.05) is 20.3 Å². The van der Waals surface area contributed by atoms with Crippen LogP contribution in [0.2, 0.25) is 0 Å². The topological polar surface area (TPSA) is 62.5 Å². The van der Waals surface area contributed by atoms with E-state index in [4.69, 9.17) is 0 Å². The zero-order valence-electron chi connectivity index (χ0n) is 14.2. The molecule has 0 aliphatic carbocycles. The first kappa shape index (κ1) is 20.2. The molecule has 1 aromatic heterocycles. The number of aliphatic carboxylic acids is 1. The molecule has 1 aromatic rings. The van der Waals surface area contributed by atoms with E-state index in [9.17, 15) is 27.9 Å². The van der Waals surface area contributed by atoms with Gasteiger partial charge in [-0.2, -0.15) is 13.2 Å². The molecule has 2 atom stereocenters. The molecule has 136 valence electrons. The van der Waals surface area contributed by atoms with E-state index in [-0.39, 0.29) is 12.0 Å². The summed E-state index contributed by atoms with van der Waals surface area (Å²) in [6.07, 6.45) is -3.05. The van der Waals surface area contributed by atoms with Crippen molar-refractivity contribution in [2.75, 3.05) is 20.6 Å². The molecule has 0 fully saturated rings. The lowest BCUT2D eigenvalue weighted by atomic mass is 9.98. The fourth-order valence-electron chi connectivity index (χ4n) is 2.48. The third-order valence-corrected chi connectivity index (χ3v) is 4.03. The van der Waals surface area contributed by atoms with E-state index in [1.165, 1.54) is 0 Å². The summed E-state index contributed by atoms with van der Waals surface area (Å²) in [5.74, 6) is -1.62. The van der Waals surface area contributed by atoms with E-state index in [0.717, 1.165) is 10.8 Å². The molecule has 0 spiro atoms. The van der Waals surface area contributed by atoms with Crippen molar-refractivity contribution in [2.24, 2.45) is 5.92 Å². The number of carboxylic acid groups (broad SMARTS) is 1. The summed E-state index contributed by atoms with van der Waals surface area (Å²) in [4.78, 5) is 25.4. The smallest absolute Gasteiger partial charge is 0.416 e. The maximum Gasteiger partial charge on any atom is 0.416 e. The Kier molecular flexibility index (Phi) is 6.59. The van der Waals surface area contributed by atoms with Crippen molar-refractivity contribution in [3.63, 3.8) is 0 Å². The molecule has 0 bridgehead atoms. The molecule has 0 aliphatic heterocycles. The maximum absolute atomic E-state index is 13.2. The van der Waals surface area contributed by atoms with Gasteiger partial charge in [-0.3, -0.25) is 4.79 Å². The van der Waals surface area contributed by atoms with Crippen molar-refractivity contribution in [3.05, 3.63) is 33.7 Å². The summed E-state index contributed by atoms with van der Waals surface area (Å²) in [7, 11) is 3.45. The van der Waals surface area contributed by atoms with E-state index >= 15 is 0 Å². The highest BCUT2D eigenvalue weighted by Crippen LogP contribution is 2.32. The van der Waals surface area contributed by atoms with Gasteiger partial charge in [0.1, 0.15) is 6.04 Å². The Bertz CT molecular complexity index is 638. The first-order chi connectivity index (χ1) is 11.0. The molecule has 1 unspecified atom stereocenters. The largest absolute Gasteiger partial charge is 0.480 e. The fourth-order valence-corrected chi connectivity index (χ4v) is 2.48. The number of rotatable bonds is 7. The minimum Gasteiger partial charge on any atom is -0.480 e. The van der Waals surface area contributed by atoms with Crippen LogP contribution in [0.3, 0.4) is 0 Å². The summed E-state index contributed by atoms with van der Waals surface area (Å²) >= 11 is 0. The van der Waals surface area contributed by atoms with Crippen LogP contribution in [0.15, 0.2) is 17.1 Å². The minimum absolute atomic E-state index is 0.0645. The molecule has 24 heavy (non-hydrogen) atoms. The molecular formula is C16H23F3N2O3. The predicted molar refractivity (Wildman–Crippen MR) is 84.1 cm³/mol. The summed E-state index contributed by atoms with van der Waals surface area (Å²) in [6.45, 7) is 3.77. The van der Waals surface area contributed by atoms with Crippen molar-refractivity contribution in [3.8, 4) is 0 Å². The van der Waals surface area contributed by atoms with E-state index in [1.807, 2.05) is 0 Å². The number of nitrogens with zero attached hydrogens (tertiary/aromatic N) is 2. The van der Waals surface area contributed by atoms with Crippen molar-refractivity contribution >= 4 is 5.97 Å². The number of hydrogen-bond donors (Lipinski definition) is 1. The highest BCUT2D eigenvalue weighted by Gasteiger charge is 2.35. The predicted octanol–water partition coefficient (Wildman–Crippen LogP) is 2.64. The zero-order valence-corrected chi connectivity index (χ0v) is 14.2. The van der Waals surface area contributed by atoms with Gasteiger partial charge in [0.05, 0.1) is 5.56 Å². The van der Waals surface area contributed by atoms with Crippen molar-refractivity contribution in [1.82, 2.24) is 9.47 Å². The second-order valence-corrected chi connectivity index (χ2v) is 6.18. The number of aromatic nitrogens is 1. The summed E-state index contributed by atoms with van der Waals surface area (Å²) in [5.41, 5.74) is -2.03. The lowest BCUT2D eigenvalue weighted by molar-refractivity contribution is -0.142. The Balaban J connectivity index is 3.49. The van der Waals surface area contributed by atoms with Crippen LogP contribution in [-0.4, -0.2) is 41.2 Å². The monoisotopic (exact) mass is 348 g/mol. The average molecular weight is 348 g/mol. The molecule has 0 aliphatic rings. The van der Waals surface area contributed by atoms with Crippen molar-refractivity contribution < 1.29 is 23.1 Å². The van der Waals surface area contributed by atoms with Crippen molar-refractivity contribution in [2.45, 2.75) is 38.9 Å². The van der Waals surface area contributed by atoms with Crippen LogP contribution in [0, 0.1) is 5.92 Å². The molecule has 0 saturated heterocycles. The van der Waals surface area contributed by atoms with Gasteiger partial charge in [0.25, 0.3) is 5.56 Å². The van der Waals surface area contributed by atoms with Crippen LogP contribution in [0.25, 0.3) is 0 Å². The molecule has 8 heteroatoms. The third kappa shape index (κ3) is 4.83. The quantitative estimate of drug-likeness (QED) is 0.823. The first-order valence-electron chi connectivity index (χ1n) is 7.68. The van der Waals surface area contributed by atoms with Crippen LogP contribution in [-0.2, 0) is 17.4 Å². The SMILES string of the molecule is CC[C@@H](C)C(C(=O)O)n1cc(CCN(C)C)c(C(F)(F)F)cc1=O. The Hall–Kier alpha value is -1.83. The van der Waals surface area contributed by atoms with Crippen LogP contribution in [0.4, 0.5) is 13.2 Å². The number of hydrogen-bond acceptors (Lipinski definition) is 3. The van der Waals surface area contributed by atoms with E-state index < -0.39 is 35.2 Å². The van der Waals surface area contributed by atoms with Crippen LogP contribution in [0.1, 0.15) is 37.4 Å². The minimum atomic E-state index is -4.66. The molecule has 0 saturated carbocycles. The Morgan fingerprint density at radius 1 is 1.38 bits per heavy atom. The second kappa shape index (κ2) is 7.83. The Labute approximate surface area is 138 Å². The van der Waals surface area contributed by atoms with Gasteiger partial charge in [-0.05, 0) is 32.0 Å². The van der Waals surface area contributed by atoms with Gasteiger partial charge in [0.2, 0.25) is 0 Å².